The lowest BCUT2D eigenvalue weighted by molar-refractivity contribution is 0.0975. The number of hydrogen-bond acceptors (Lipinski definition) is 3. The summed E-state index contributed by atoms with van der Waals surface area (Å²) in [5.74, 6) is 0.910. The fraction of sp³-hybridized carbons (Fsp3) is 0.562. The van der Waals surface area contributed by atoms with Crippen LogP contribution in [0.2, 0.25) is 0 Å². The van der Waals surface area contributed by atoms with Crippen LogP contribution >= 0.6 is 15.9 Å². The third-order valence-corrected chi connectivity index (χ3v) is 4.35. The number of Topliss-reactive ketones (excluding diaryl/α,β-unsaturated/α-hetero) is 1. The van der Waals surface area contributed by atoms with Crippen LogP contribution < -0.4 is 0 Å². The Labute approximate surface area is 129 Å². The van der Waals surface area contributed by atoms with Gasteiger partial charge in [-0.25, -0.2) is 0 Å². The predicted molar refractivity (Wildman–Crippen MR) is 84.1 cm³/mol. The van der Waals surface area contributed by atoms with Gasteiger partial charge in [0.1, 0.15) is 0 Å². The predicted octanol–water partition coefficient (Wildman–Crippen LogP) is 3.38. The molecule has 1 aromatic carbocycles. The van der Waals surface area contributed by atoms with Crippen LogP contribution in [-0.2, 0) is 4.74 Å². The SMILES string of the molecule is COCC1CCN(CCCC(=O)c2ccc(Br)cc2)C1. The van der Waals surface area contributed by atoms with E-state index in [4.69, 9.17) is 4.74 Å². The van der Waals surface area contributed by atoms with Gasteiger partial charge in [-0.2, -0.15) is 0 Å². The topological polar surface area (TPSA) is 29.5 Å². The molecule has 1 aliphatic heterocycles. The van der Waals surface area contributed by atoms with Gasteiger partial charge in [0, 0.05) is 30.1 Å². The molecule has 0 N–H and O–H groups in total. The van der Waals surface area contributed by atoms with Crippen molar-refractivity contribution in [2.45, 2.75) is 19.3 Å². The van der Waals surface area contributed by atoms with E-state index in [0.29, 0.717) is 12.3 Å². The molecule has 0 aromatic heterocycles. The molecule has 3 nitrogen and oxygen atoms in total. The van der Waals surface area contributed by atoms with Gasteiger partial charge in [0.25, 0.3) is 0 Å². The normalized spacial score (nSPS) is 19.4. The Bertz CT molecular complexity index is 433. The number of hydrogen-bond donors (Lipinski definition) is 0. The number of methoxy groups -OCH3 is 1. The maximum Gasteiger partial charge on any atom is 0.162 e. The quantitative estimate of drug-likeness (QED) is 0.713. The molecule has 2 rings (SSSR count). The zero-order chi connectivity index (χ0) is 14.4. The summed E-state index contributed by atoms with van der Waals surface area (Å²) >= 11 is 3.38. The first-order chi connectivity index (χ1) is 9.69. The molecule has 0 aliphatic carbocycles. The molecule has 0 bridgehead atoms. The van der Waals surface area contributed by atoms with E-state index >= 15 is 0 Å². The summed E-state index contributed by atoms with van der Waals surface area (Å²) in [6.45, 7) is 4.12. The summed E-state index contributed by atoms with van der Waals surface area (Å²) in [5, 5.41) is 0. The lowest BCUT2D eigenvalue weighted by Gasteiger charge is -2.15. The van der Waals surface area contributed by atoms with E-state index in [-0.39, 0.29) is 5.78 Å². The zero-order valence-electron chi connectivity index (χ0n) is 12.0. The van der Waals surface area contributed by atoms with Crippen molar-refractivity contribution in [2.24, 2.45) is 5.92 Å². The molecule has 1 atom stereocenters. The van der Waals surface area contributed by atoms with Gasteiger partial charge in [0.2, 0.25) is 0 Å². The van der Waals surface area contributed by atoms with Gasteiger partial charge in [0.15, 0.2) is 5.78 Å². The Kier molecular flexibility index (Phi) is 6.20. The number of carbonyl (C=O) groups is 1. The van der Waals surface area contributed by atoms with Gasteiger partial charge in [0.05, 0.1) is 6.61 Å². The van der Waals surface area contributed by atoms with E-state index in [1.165, 1.54) is 6.42 Å². The molecule has 1 fully saturated rings. The molecule has 20 heavy (non-hydrogen) atoms. The average molecular weight is 340 g/mol. The number of benzene rings is 1. The first kappa shape index (κ1) is 15.7. The number of nitrogens with zero attached hydrogens (tertiary/aromatic N) is 1. The molecule has 1 unspecified atom stereocenters. The highest BCUT2D eigenvalue weighted by Gasteiger charge is 2.21. The molecule has 4 heteroatoms. The van der Waals surface area contributed by atoms with Gasteiger partial charge < -0.3 is 9.64 Å². The van der Waals surface area contributed by atoms with Crippen molar-refractivity contribution in [3.63, 3.8) is 0 Å². The number of ether oxygens (including phenoxy) is 1. The van der Waals surface area contributed by atoms with Crippen molar-refractivity contribution in [1.29, 1.82) is 0 Å². The highest BCUT2D eigenvalue weighted by atomic mass is 79.9. The molecule has 1 saturated heterocycles. The average Bonchev–Trinajstić information content (AvgIpc) is 2.87. The molecule has 1 aliphatic rings. The summed E-state index contributed by atoms with van der Waals surface area (Å²) in [4.78, 5) is 14.5. The second-order valence-corrected chi connectivity index (χ2v) is 6.36. The summed E-state index contributed by atoms with van der Waals surface area (Å²) in [6, 6.07) is 7.61. The van der Waals surface area contributed by atoms with E-state index in [1.807, 2.05) is 24.3 Å². The Morgan fingerprint density at radius 1 is 1.40 bits per heavy atom. The number of rotatable bonds is 7. The van der Waals surface area contributed by atoms with Crippen LogP contribution in [0.1, 0.15) is 29.6 Å². The molecule has 1 heterocycles. The second kappa shape index (κ2) is 7.91. The van der Waals surface area contributed by atoms with Crippen LogP contribution in [0.4, 0.5) is 0 Å². The maximum absolute atomic E-state index is 12.0. The lowest BCUT2D eigenvalue weighted by atomic mass is 10.1. The molecule has 110 valence electrons. The minimum atomic E-state index is 0.241. The van der Waals surface area contributed by atoms with Crippen molar-refractivity contribution in [2.75, 3.05) is 33.4 Å². The summed E-state index contributed by atoms with van der Waals surface area (Å²) in [6.07, 6.45) is 2.79. The van der Waals surface area contributed by atoms with E-state index in [9.17, 15) is 4.79 Å². The molecule has 0 saturated carbocycles. The summed E-state index contributed by atoms with van der Waals surface area (Å²) in [7, 11) is 1.76. The van der Waals surface area contributed by atoms with E-state index < -0.39 is 0 Å². The molecular weight excluding hydrogens is 318 g/mol. The van der Waals surface area contributed by atoms with Gasteiger partial charge in [-0.15, -0.1) is 0 Å². The highest BCUT2D eigenvalue weighted by molar-refractivity contribution is 9.10. The monoisotopic (exact) mass is 339 g/mol. The molecule has 0 spiro atoms. The Morgan fingerprint density at radius 2 is 2.15 bits per heavy atom. The molecular formula is C16H22BrNO2. The van der Waals surface area contributed by atoms with Crippen molar-refractivity contribution >= 4 is 21.7 Å². The highest BCUT2D eigenvalue weighted by Crippen LogP contribution is 2.17. The van der Waals surface area contributed by atoms with Crippen molar-refractivity contribution in [3.05, 3.63) is 34.3 Å². The summed E-state index contributed by atoms with van der Waals surface area (Å²) in [5.41, 5.74) is 0.812. The third-order valence-electron chi connectivity index (χ3n) is 3.82. The Hall–Kier alpha value is -0.710. The van der Waals surface area contributed by atoms with E-state index in [0.717, 1.165) is 42.7 Å². The van der Waals surface area contributed by atoms with Crippen molar-refractivity contribution < 1.29 is 9.53 Å². The van der Waals surface area contributed by atoms with Gasteiger partial charge in [-0.1, -0.05) is 28.1 Å². The maximum atomic E-state index is 12.0. The first-order valence-corrected chi connectivity index (χ1v) is 7.98. The Balaban J connectivity index is 1.68. The smallest absolute Gasteiger partial charge is 0.162 e. The van der Waals surface area contributed by atoms with Crippen LogP contribution in [0.15, 0.2) is 28.7 Å². The van der Waals surface area contributed by atoms with Gasteiger partial charge in [-0.05, 0) is 44.0 Å². The summed E-state index contributed by atoms with van der Waals surface area (Å²) < 4.78 is 6.21. The number of likely N-dealkylation sites (tertiary alicyclic amines) is 1. The minimum absolute atomic E-state index is 0.241. The molecule has 0 amide bonds. The third kappa shape index (κ3) is 4.69. The van der Waals surface area contributed by atoms with Crippen LogP contribution in [0.25, 0.3) is 0 Å². The Morgan fingerprint density at radius 3 is 2.85 bits per heavy atom. The van der Waals surface area contributed by atoms with E-state index in [1.54, 1.807) is 7.11 Å². The van der Waals surface area contributed by atoms with Crippen LogP contribution in [0.5, 0.6) is 0 Å². The largest absolute Gasteiger partial charge is 0.384 e. The fourth-order valence-corrected chi connectivity index (χ4v) is 3.00. The van der Waals surface area contributed by atoms with Crippen LogP contribution in [0.3, 0.4) is 0 Å². The first-order valence-electron chi connectivity index (χ1n) is 7.19. The van der Waals surface area contributed by atoms with Crippen LogP contribution in [-0.4, -0.2) is 44.0 Å². The zero-order valence-corrected chi connectivity index (χ0v) is 13.6. The minimum Gasteiger partial charge on any atom is -0.384 e. The van der Waals surface area contributed by atoms with Crippen molar-refractivity contribution in [1.82, 2.24) is 4.90 Å². The number of carbonyl (C=O) groups excluding carboxylic acids is 1. The fourth-order valence-electron chi connectivity index (χ4n) is 2.73. The van der Waals surface area contributed by atoms with Crippen molar-refractivity contribution in [3.8, 4) is 0 Å². The standard InChI is InChI=1S/C16H22BrNO2/c1-20-12-13-8-10-18(11-13)9-2-3-16(19)14-4-6-15(17)7-5-14/h4-7,13H,2-3,8-12H2,1H3. The van der Waals surface area contributed by atoms with Crippen LogP contribution in [0, 0.1) is 5.92 Å². The van der Waals surface area contributed by atoms with E-state index in [2.05, 4.69) is 20.8 Å². The van der Waals surface area contributed by atoms with Gasteiger partial charge in [-0.3, -0.25) is 4.79 Å². The second-order valence-electron chi connectivity index (χ2n) is 5.44. The molecule has 1 aromatic rings. The lowest BCUT2D eigenvalue weighted by Crippen LogP contribution is -2.23. The number of halogens is 1. The van der Waals surface area contributed by atoms with Gasteiger partial charge >= 0.3 is 0 Å². The number of ketones is 1. The molecule has 0 radical (unpaired) electrons.